The van der Waals surface area contributed by atoms with Gasteiger partial charge in [-0.25, -0.2) is 9.78 Å². The zero-order valence-electron chi connectivity index (χ0n) is 17.0. The summed E-state index contributed by atoms with van der Waals surface area (Å²) < 4.78 is 0. The predicted octanol–water partition coefficient (Wildman–Crippen LogP) is 2.28. The van der Waals surface area contributed by atoms with E-state index >= 15 is 0 Å². The Morgan fingerprint density at radius 3 is 2.52 bits per heavy atom. The van der Waals surface area contributed by atoms with Crippen LogP contribution in [0.2, 0.25) is 5.02 Å². The SMILES string of the molecule is O=C(CC[C@@H]1NC(=O)N(Cc2ccccc2Cl)C1=O)N1CCN(c2ccccn2)CC1. The van der Waals surface area contributed by atoms with Gasteiger partial charge >= 0.3 is 6.03 Å². The lowest BCUT2D eigenvalue weighted by molar-refractivity contribution is -0.132. The summed E-state index contributed by atoms with van der Waals surface area (Å²) in [5.74, 6) is 0.581. The van der Waals surface area contributed by atoms with Crippen LogP contribution in [-0.2, 0) is 16.1 Å². The highest BCUT2D eigenvalue weighted by Gasteiger charge is 2.38. The third-order valence-corrected chi connectivity index (χ3v) is 6.01. The molecule has 2 saturated heterocycles. The zero-order valence-corrected chi connectivity index (χ0v) is 17.8. The minimum Gasteiger partial charge on any atom is -0.353 e. The minimum absolute atomic E-state index is 0.00715. The number of imide groups is 1. The van der Waals surface area contributed by atoms with E-state index in [1.165, 1.54) is 0 Å². The summed E-state index contributed by atoms with van der Waals surface area (Å²) in [5.41, 5.74) is 0.704. The van der Waals surface area contributed by atoms with Gasteiger partial charge in [0.2, 0.25) is 5.91 Å². The smallest absolute Gasteiger partial charge is 0.325 e. The first-order chi connectivity index (χ1) is 15.0. The molecule has 2 aromatic rings. The molecule has 2 fully saturated rings. The average molecular weight is 442 g/mol. The summed E-state index contributed by atoms with van der Waals surface area (Å²) >= 11 is 6.15. The molecule has 3 heterocycles. The number of pyridine rings is 1. The number of rotatable bonds is 6. The number of halogens is 1. The number of hydrogen-bond acceptors (Lipinski definition) is 5. The molecule has 8 nitrogen and oxygen atoms in total. The fourth-order valence-electron chi connectivity index (χ4n) is 3.87. The fraction of sp³-hybridized carbons (Fsp3) is 0.364. The van der Waals surface area contributed by atoms with Crippen LogP contribution in [0.4, 0.5) is 10.6 Å². The molecule has 31 heavy (non-hydrogen) atoms. The Kier molecular flexibility index (Phi) is 6.36. The van der Waals surface area contributed by atoms with Gasteiger partial charge in [-0.3, -0.25) is 14.5 Å². The van der Waals surface area contributed by atoms with E-state index < -0.39 is 12.1 Å². The van der Waals surface area contributed by atoms with Crippen LogP contribution in [0.5, 0.6) is 0 Å². The topological polar surface area (TPSA) is 85.8 Å². The highest BCUT2D eigenvalue weighted by atomic mass is 35.5. The van der Waals surface area contributed by atoms with Crippen LogP contribution in [0.15, 0.2) is 48.7 Å². The first-order valence-corrected chi connectivity index (χ1v) is 10.7. The summed E-state index contributed by atoms with van der Waals surface area (Å²) in [6, 6.07) is 11.7. The predicted molar refractivity (Wildman–Crippen MR) is 117 cm³/mol. The Morgan fingerprint density at radius 2 is 1.81 bits per heavy atom. The van der Waals surface area contributed by atoms with Gasteiger partial charge in [-0.05, 0) is 30.2 Å². The third-order valence-electron chi connectivity index (χ3n) is 5.65. The van der Waals surface area contributed by atoms with Crippen molar-refractivity contribution in [2.45, 2.75) is 25.4 Å². The Bertz CT molecular complexity index is 963. The summed E-state index contributed by atoms with van der Waals surface area (Å²) in [6.45, 7) is 2.77. The van der Waals surface area contributed by atoms with Crippen molar-refractivity contribution in [2.24, 2.45) is 0 Å². The lowest BCUT2D eigenvalue weighted by atomic mass is 10.1. The second kappa shape index (κ2) is 9.34. The van der Waals surface area contributed by atoms with Crippen molar-refractivity contribution >= 4 is 35.3 Å². The Balaban J connectivity index is 1.26. The molecule has 0 radical (unpaired) electrons. The van der Waals surface area contributed by atoms with E-state index in [2.05, 4.69) is 15.2 Å². The number of nitrogens with one attached hydrogen (secondary N) is 1. The molecule has 9 heteroatoms. The molecule has 4 rings (SSSR count). The highest BCUT2D eigenvalue weighted by Crippen LogP contribution is 2.21. The van der Waals surface area contributed by atoms with Crippen molar-refractivity contribution in [3.63, 3.8) is 0 Å². The number of aromatic nitrogens is 1. The van der Waals surface area contributed by atoms with E-state index in [4.69, 9.17) is 11.6 Å². The van der Waals surface area contributed by atoms with Gasteiger partial charge in [0.15, 0.2) is 0 Å². The summed E-state index contributed by atoms with van der Waals surface area (Å²) in [6.07, 6.45) is 2.25. The van der Waals surface area contributed by atoms with E-state index in [1.54, 1.807) is 24.4 Å². The molecule has 1 aromatic heterocycles. The number of urea groups is 1. The molecule has 1 atom stereocenters. The second-order valence-corrected chi connectivity index (χ2v) is 8.02. The van der Waals surface area contributed by atoms with Gasteiger partial charge in [0, 0.05) is 43.8 Å². The van der Waals surface area contributed by atoms with Gasteiger partial charge in [-0.2, -0.15) is 0 Å². The maximum atomic E-state index is 12.7. The molecule has 1 N–H and O–H groups in total. The molecule has 2 aliphatic rings. The molecular formula is C22H24ClN5O3. The van der Waals surface area contributed by atoms with Crippen molar-refractivity contribution in [2.75, 3.05) is 31.1 Å². The van der Waals surface area contributed by atoms with E-state index in [-0.39, 0.29) is 31.2 Å². The van der Waals surface area contributed by atoms with Crippen LogP contribution in [0, 0.1) is 0 Å². The van der Waals surface area contributed by atoms with Gasteiger partial charge in [0.05, 0.1) is 6.54 Å². The van der Waals surface area contributed by atoms with Crippen molar-refractivity contribution in [1.82, 2.24) is 20.1 Å². The largest absolute Gasteiger partial charge is 0.353 e. The van der Waals surface area contributed by atoms with Crippen molar-refractivity contribution in [3.05, 3.63) is 59.2 Å². The van der Waals surface area contributed by atoms with E-state index in [0.717, 1.165) is 10.7 Å². The van der Waals surface area contributed by atoms with Crippen LogP contribution < -0.4 is 10.2 Å². The van der Waals surface area contributed by atoms with Crippen molar-refractivity contribution < 1.29 is 14.4 Å². The van der Waals surface area contributed by atoms with Gasteiger partial charge in [0.25, 0.3) is 5.91 Å². The molecule has 2 aliphatic heterocycles. The highest BCUT2D eigenvalue weighted by molar-refractivity contribution is 6.31. The number of carbonyl (C=O) groups is 3. The minimum atomic E-state index is -0.686. The maximum Gasteiger partial charge on any atom is 0.325 e. The molecule has 0 unspecified atom stereocenters. The van der Waals surface area contributed by atoms with Crippen molar-refractivity contribution in [3.8, 4) is 0 Å². The quantitative estimate of drug-likeness (QED) is 0.695. The van der Waals surface area contributed by atoms with Gasteiger partial charge in [-0.1, -0.05) is 35.9 Å². The molecule has 0 aliphatic carbocycles. The Labute approximate surface area is 185 Å². The van der Waals surface area contributed by atoms with Gasteiger partial charge in [0.1, 0.15) is 11.9 Å². The fourth-order valence-corrected chi connectivity index (χ4v) is 4.07. The van der Waals surface area contributed by atoms with E-state index in [1.807, 2.05) is 29.2 Å². The van der Waals surface area contributed by atoms with Crippen LogP contribution in [0.1, 0.15) is 18.4 Å². The van der Waals surface area contributed by atoms with Crippen LogP contribution >= 0.6 is 11.6 Å². The summed E-state index contributed by atoms with van der Waals surface area (Å²) in [4.78, 5) is 47.1. The first kappa shape index (κ1) is 21.1. The molecule has 0 saturated carbocycles. The Hall–Kier alpha value is -3.13. The lowest BCUT2D eigenvalue weighted by Gasteiger charge is -2.35. The molecule has 0 spiro atoms. The van der Waals surface area contributed by atoms with Crippen LogP contribution in [0.25, 0.3) is 0 Å². The molecule has 162 valence electrons. The van der Waals surface area contributed by atoms with E-state index in [0.29, 0.717) is 36.8 Å². The van der Waals surface area contributed by atoms with Crippen molar-refractivity contribution in [1.29, 1.82) is 0 Å². The number of carbonyl (C=O) groups excluding carboxylic acids is 3. The monoisotopic (exact) mass is 441 g/mol. The van der Waals surface area contributed by atoms with Crippen LogP contribution in [-0.4, -0.2) is 64.9 Å². The molecule has 0 bridgehead atoms. The molecular weight excluding hydrogens is 418 g/mol. The number of anilines is 1. The maximum absolute atomic E-state index is 12.7. The number of hydrogen-bond donors (Lipinski definition) is 1. The second-order valence-electron chi connectivity index (χ2n) is 7.61. The number of amides is 4. The van der Waals surface area contributed by atoms with Crippen LogP contribution in [0.3, 0.4) is 0 Å². The van der Waals surface area contributed by atoms with E-state index in [9.17, 15) is 14.4 Å². The lowest BCUT2D eigenvalue weighted by Crippen LogP contribution is -2.49. The number of piperazine rings is 1. The number of nitrogens with zero attached hydrogens (tertiary/aromatic N) is 4. The average Bonchev–Trinajstić information content (AvgIpc) is 3.07. The first-order valence-electron chi connectivity index (χ1n) is 10.3. The third kappa shape index (κ3) is 4.80. The van der Waals surface area contributed by atoms with Gasteiger partial charge in [-0.15, -0.1) is 0 Å². The zero-order chi connectivity index (χ0) is 21.8. The molecule has 4 amide bonds. The number of benzene rings is 1. The molecule has 1 aromatic carbocycles. The summed E-state index contributed by atoms with van der Waals surface area (Å²) in [5, 5.41) is 3.19. The normalized spacial score (nSPS) is 19.0. The Morgan fingerprint density at radius 1 is 1.06 bits per heavy atom. The summed E-state index contributed by atoms with van der Waals surface area (Å²) in [7, 11) is 0. The standard InChI is InChI=1S/C22H24ClN5O3/c23-17-6-2-1-5-16(17)15-28-21(30)18(25-22(28)31)8-9-20(29)27-13-11-26(12-14-27)19-7-3-4-10-24-19/h1-7,10,18H,8-9,11-15H2,(H,25,31)/t18-/m0/s1. The van der Waals surface area contributed by atoms with Gasteiger partial charge < -0.3 is 15.1 Å².